The summed E-state index contributed by atoms with van der Waals surface area (Å²) in [5.74, 6) is 0.431. The molecule has 0 unspecified atom stereocenters. The van der Waals surface area contributed by atoms with Crippen LogP contribution in [0.1, 0.15) is 18.9 Å². The molecule has 21 heavy (non-hydrogen) atoms. The lowest BCUT2D eigenvalue weighted by Gasteiger charge is -2.13. The molecule has 0 spiro atoms. The Morgan fingerprint density at radius 2 is 2.29 bits per heavy atom. The minimum absolute atomic E-state index is 0.210. The molecule has 1 aromatic heterocycles. The van der Waals surface area contributed by atoms with E-state index in [1.165, 1.54) is 5.56 Å². The molecule has 0 saturated heterocycles. The van der Waals surface area contributed by atoms with Crippen molar-refractivity contribution in [2.24, 2.45) is 0 Å². The van der Waals surface area contributed by atoms with Crippen LogP contribution < -0.4 is 4.74 Å². The number of likely N-dealkylation sites (N-methyl/N-ethyl adjacent to an activating group) is 1. The molecule has 4 nitrogen and oxygen atoms in total. The lowest BCUT2D eigenvalue weighted by atomic mass is 10.1. The number of rotatable bonds is 7. The number of benzene rings is 1. The van der Waals surface area contributed by atoms with E-state index in [2.05, 4.69) is 23.5 Å². The fourth-order valence-electron chi connectivity index (χ4n) is 2.32. The van der Waals surface area contributed by atoms with Gasteiger partial charge in [0.05, 0.1) is 0 Å². The number of fused-ring (bicyclic) bond motifs is 1. The van der Waals surface area contributed by atoms with Crippen molar-refractivity contribution in [2.45, 2.75) is 19.8 Å². The number of nitrogens with zero attached hydrogens (tertiary/aromatic N) is 1. The fourth-order valence-corrected chi connectivity index (χ4v) is 2.32. The van der Waals surface area contributed by atoms with E-state index in [9.17, 15) is 4.79 Å². The first-order valence-corrected chi connectivity index (χ1v) is 7.24. The molecule has 4 heteroatoms. The number of hydrogen-bond acceptors (Lipinski definition) is 3. The molecule has 0 bridgehead atoms. The maximum absolute atomic E-state index is 11.6. The van der Waals surface area contributed by atoms with Gasteiger partial charge in [-0.25, -0.2) is 0 Å². The van der Waals surface area contributed by atoms with Crippen LogP contribution in [0.4, 0.5) is 0 Å². The third kappa shape index (κ3) is 3.73. The standard InChI is InChI=1S/C17H22N2O2/c1-4-10-19(3)11-9-13-12-18-14-7-6-8-15(17(13)14)21-16(20)5-2/h4,6-8,12,18H,1,5,9-11H2,2-3H3. The lowest BCUT2D eigenvalue weighted by Crippen LogP contribution is -2.20. The summed E-state index contributed by atoms with van der Waals surface area (Å²) >= 11 is 0. The third-order valence-electron chi connectivity index (χ3n) is 3.47. The number of aromatic amines is 1. The Morgan fingerprint density at radius 1 is 1.48 bits per heavy atom. The van der Waals surface area contributed by atoms with E-state index in [-0.39, 0.29) is 5.97 Å². The highest BCUT2D eigenvalue weighted by Crippen LogP contribution is 2.29. The topological polar surface area (TPSA) is 45.3 Å². The Balaban J connectivity index is 2.23. The summed E-state index contributed by atoms with van der Waals surface area (Å²) in [6, 6.07) is 5.74. The van der Waals surface area contributed by atoms with Gasteiger partial charge in [-0.05, 0) is 31.2 Å². The summed E-state index contributed by atoms with van der Waals surface area (Å²) in [4.78, 5) is 17.0. The molecule has 2 rings (SSSR count). The Bertz CT molecular complexity index is 631. The van der Waals surface area contributed by atoms with Gasteiger partial charge in [0.1, 0.15) is 5.75 Å². The number of ether oxygens (including phenoxy) is 1. The molecule has 0 radical (unpaired) electrons. The molecule has 0 saturated carbocycles. The minimum Gasteiger partial charge on any atom is -0.426 e. The Kier molecular flexibility index (Phi) is 5.17. The van der Waals surface area contributed by atoms with Gasteiger partial charge in [0, 0.05) is 36.6 Å². The van der Waals surface area contributed by atoms with Gasteiger partial charge in [-0.2, -0.15) is 0 Å². The van der Waals surface area contributed by atoms with Crippen molar-refractivity contribution < 1.29 is 9.53 Å². The van der Waals surface area contributed by atoms with Crippen molar-refractivity contribution in [3.8, 4) is 5.75 Å². The minimum atomic E-state index is -0.210. The van der Waals surface area contributed by atoms with Crippen molar-refractivity contribution in [1.29, 1.82) is 0 Å². The zero-order chi connectivity index (χ0) is 15.2. The molecule has 1 heterocycles. The highest BCUT2D eigenvalue weighted by Gasteiger charge is 2.12. The molecule has 112 valence electrons. The third-order valence-corrected chi connectivity index (χ3v) is 3.47. The summed E-state index contributed by atoms with van der Waals surface area (Å²) in [6.45, 7) is 7.33. The van der Waals surface area contributed by atoms with Gasteiger partial charge in [-0.1, -0.05) is 19.1 Å². The molecule has 0 amide bonds. The number of carbonyl (C=O) groups is 1. The van der Waals surface area contributed by atoms with E-state index in [4.69, 9.17) is 4.74 Å². The zero-order valence-corrected chi connectivity index (χ0v) is 12.7. The second-order valence-corrected chi connectivity index (χ2v) is 5.12. The second-order valence-electron chi connectivity index (χ2n) is 5.12. The molecule has 1 N–H and O–H groups in total. The van der Waals surface area contributed by atoms with E-state index < -0.39 is 0 Å². The second kappa shape index (κ2) is 7.09. The summed E-state index contributed by atoms with van der Waals surface area (Å²) in [7, 11) is 2.06. The number of H-pyrrole nitrogens is 1. The van der Waals surface area contributed by atoms with Gasteiger partial charge in [-0.3, -0.25) is 4.79 Å². The summed E-state index contributed by atoms with van der Waals surface area (Å²) in [6.07, 6.45) is 5.16. The van der Waals surface area contributed by atoms with Crippen molar-refractivity contribution in [2.75, 3.05) is 20.1 Å². The Morgan fingerprint density at radius 3 is 3.00 bits per heavy atom. The summed E-state index contributed by atoms with van der Waals surface area (Å²) in [5.41, 5.74) is 2.16. The first-order valence-electron chi connectivity index (χ1n) is 7.24. The number of hydrogen-bond donors (Lipinski definition) is 1. The predicted molar refractivity (Wildman–Crippen MR) is 85.6 cm³/mol. The number of esters is 1. The Hall–Kier alpha value is -2.07. The largest absolute Gasteiger partial charge is 0.426 e. The summed E-state index contributed by atoms with van der Waals surface area (Å²) in [5, 5.41) is 1.01. The molecule has 0 fully saturated rings. The Labute approximate surface area is 125 Å². The van der Waals surface area contributed by atoms with Crippen LogP contribution in [0.3, 0.4) is 0 Å². The molecule has 0 aliphatic rings. The van der Waals surface area contributed by atoms with Gasteiger partial charge < -0.3 is 14.6 Å². The molecule has 0 aliphatic carbocycles. The predicted octanol–water partition coefficient (Wildman–Crippen LogP) is 3.14. The number of carbonyl (C=O) groups excluding carboxylic acids is 1. The lowest BCUT2D eigenvalue weighted by molar-refractivity contribution is -0.133. The highest BCUT2D eigenvalue weighted by atomic mass is 16.5. The van der Waals surface area contributed by atoms with Gasteiger partial charge in [-0.15, -0.1) is 6.58 Å². The highest BCUT2D eigenvalue weighted by molar-refractivity contribution is 5.91. The molecular formula is C17H22N2O2. The molecular weight excluding hydrogens is 264 g/mol. The fraction of sp³-hybridized carbons (Fsp3) is 0.353. The van der Waals surface area contributed by atoms with Crippen LogP contribution in [-0.4, -0.2) is 36.0 Å². The van der Waals surface area contributed by atoms with Crippen LogP contribution in [0.2, 0.25) is 0 Å². The van der Waals surface area contributed by atoms with Crippen LogP contribution in [0, 0.1) is 0 Å². The normalized spacial score (nSPS) is 11.0. The SMILES string of the molecule is C=CCN(C)CCc1c[nH]c2cccc(OC(=O)CC)c12. The van der Waals surface area contributed by atoms with E-state index >= 15 is 0 Å². The summed E-state index contributed by atoms with van der Waals surface area (Å²) < 4.78 is 5.44. The number of aromatic nitrogens is 1. The average Bonchev–Trinajstić information content (AvgIpc) is 2.89. The molecule has 0 atom stereocenters. The van der Waals surface area contributed by atoms with E-state index in [1.807, 2.05) is 30.5 Å². The van der Waals surface area contributed by atoms with Crippen molar-refractivity contribution in [3.05, 3.63) is 42.6 Å². The smallest absolute Gasteiger partial charge is 0.310 e. The van der Waals surface area contributed by atoms with E-state index in [1.54, 1.807) is 6.92 Å². The van der Waals surface area contributed by atoms with Crippen molar-refractivity contribution >= 4 is 16.9 Å². The first kappa shape index (κ1) is 15.3. The van der Waals surface area contributed by atoms with Crippen LogP contribution in [0.25, 0.3) is 10.9 Å². The van der Waals surface area contributed by atoms with Gasteiger partial charge in [0.25, 0.3) is 0 Å². The van der Waals surface area contributed by atoms with E-state index in [0.717, 1.165) is 30.4 Å². The monoisotopic (exact) mass is 286 g/mol. The quantitative estimate of drug-likeness (QED) is 0.483. The number of nitrogens with one attached hydrogen (secondary N) is 1. The zero-order valence-electron chi connectivity index (χ0n) is 12.7. The van der Waals surface area contributed by atoms with Gasteiger partial charge in [0.2, 0.25) is 0 Å². The molecule has 1 aromatic carbocycles. The maximum atomic E-state index is 11.6. The average molecular weight is 286 g/mol. The van der Waals surface area contributed by atoms with Crippen LogP contribution in [0.5, 0.6) is 5.75 Å². The first-order chi connectivity index (χ1) is 10.2. The molecule has 2 aromatic rings. The maximum Gasteiger partial charge on any atom is 0.310 e. The van der Waals surface area contributed by atoms with Gasteiger partial charge in [0.15, 0.2) is 0 Å². The van der Waals surface area contributed by atoms with Crippen LogP contribution >= 0.6 is 0 Å². The van der Waals surface area contributed by atoms with Gasteiger partial charge >= 0.3 is 5.97 Å². The van der Waals surface area contributed by atoms with Crippen LogP contribution in [0.15, 0.2) is 37.1 Å². The van der Waals surface area contributed by atoms with Crippen molar-refractivity contribution in [1.82, 2.24) is 9.88 Å². The van der Waals surface area contributed by atoms with Crippen molar-refractivity contribution in [3.63, 3.8) is 0 Å². The van der Waals surface area contributed by atoms with E-state index in [0.29, 0.717) is 12.2 Å². The molecule has 0 aliphatic heterocycles. The van der Waals surface area contributed by atoms with Crippen LogP contribution in [-0.2, 0) is 11.2 Å².